The van der Waals surface area contributed by atoms with E-state index in [1.807, 2.05) is 60.8 Å². The zero-order valence-corrected chi connectivity index (χ0v) is 18.6. The van der Waals surface area contributed by atoms with E-state index in [1.165, 1.54) is 11.3 Å². The second-order valence-electron chi connectivity index (χ2n) is 6.97. The van der Waals surface area contributed by atoms with Crippen molar-refractivity contribution in [3.8, 4) is 0 Å². The third-order valence-corrected chi connectivity index (χ3v) is 6.85. The molecule has 0 radical (unpaired) electrons. The van der Waals surface area contributed by atoms with Crippen LogP contribution in [0.2, 0.25) is 0 Å². The van der Waals surface area contributed by atoms with Crippen LogP contribution in [0.4, 0.5) is 5.13 Å². The number of hydrogen-bond acceptors (Lipinski definition) is 6. The summed E-state index contributed by atoms with van der Waals surface area (Å²) in [6.45, 7) is 4.08. The summed E-state index contributed by atoms with van der Waals surface area (Å²) in [5.41, 5.74) is 4.47. The minimum Gasteiger partial charge on any atom is -0.338 e. The Morgan fingerprint density at radius 1 is 1.06 bits per heavy atom. The number of nitrogens with zero attached hydrogens (tertiary/aromatic N) is 4. The molecule has 0 atom stereocenters. The molecule has 6 nitrogen and oxygen atoms in total. The number of rotatable bonds is 5. The predicted molar refractivity (Wildman–Crippen MR) is 129 cm³/mol. The summed E-state index contributed by atoms with van der Waals surface area (Å²) < 4.78 is 1.12. The molecule has 31 heavy (non-hydrogen) atoms. The summed E-state index contributed by atoms with van der Waals surface area (Å²) >= 11 is 3.08. The van der Waals surface area contributed by atoms with E-state index < -0.39 is 0 Å². The van der Waals surface area contributed by atoms with E-state index in [1.54, 1.807) is 23.2 Å². The first-order valence-electron chi connectivity index (χ1n) is 9.89. The average Bonchev–Trinajstić information content (AvgIpc) is 3.49. The zero-order chi connectivity index (χ0) is 21.4. The Labute approximate surface area is 186 Å². The van der Waals surface area contributed by atoms with Gasteiger partial charge in [0.1, 0.15) is 10.8 Å². The molecule has 8 heteroatoms. The second kappa shape index (κ2) is 8.05. The lowest BCUT2D eigenvalue weighted by atomic mass is 10.2. The van der Waals surface area contributed by atoms with Crippen molar-refractivity contribution in [2.24, 2.45) is 0 Å². The summed E-state index contributed by atoms with van der Waals surface area (Å²) in [5, 5.41) is 3.51. The van der Waals surface area contributed by atoms with Crippen LogP contribution in [-0.4, -0.2) is 32.4 Å². The Balaban J connectivity index is 1.65. The van der Waals surface area contributed by atoms with Crippen molar-refractivity contribution in [2.45, 2.75) is 13.8 Å². The Hall–Kier alpha value is -3.36. The molecular formula is C23H19N5OS2. The molecule has 1 N–H and O–H groups in total. The normalized spacial score (nSPS) is 12.0. The number of para-hydroxylation sites is 3. The maximum Gasteiger partial charge on any atom is 0.225 e. The van der Waals surface area contributed by atoms with E-state index in [0.717, 1.165) is 43.3 Å². The first-order valence-corrected chi connectivity index (χ1v) is 11.6. The molecule has 0 aliphatic heterocycles. The third kappa shape index (κ3) is 3.75. The number of aromatic nitrogens is 4. The number of carbonyl (C=O) groups excluding carboxylic acids is 1. The largest absolute Gasteiger partial charge is 0.338 e. The number of amides is 1. The van der Waals surface area contributed by atoms with Gasteiger partial charge in [-0.2, -0.15) is 0 Å². The summed E-state index contributed by atoms with van der Waals surface area (Å²) in [4.78, 5) is 31.3. The number of nitrogens with one attached hydrogen (secondary N) is 1. The van der Waals surface area contributed by atoms with Crippen molar-refractivity contribution in [2.75, 3.05) is 11.4 Å². The van der Waals surface area contributed by atoms with Gasteiger partial charge in [-0.25, -0.2) is 15.0 Å². The monoisotopic (exact) mass is 445 g/mol. The maximum absolute atomic E-state index is 11.9. The molecule has 0 aliphatic carbocycles. The number of hydrogen-bond donors (Lipinski definition) is 1. The molecule has 2 aromatic carbocycles. The lowest BCUT2D eigenvalue weighted by Crippen LogP contribution is -2.27. The number of imidazole rings is 1. The van der Waals surface area contributed by atoms with Crippen LogP contribution in [0.3, 0.4) is 0 Å². The van der Waals surface area contributed by atoms with Crippen LogP contribution in [0.15, 0.2) is 53.9 Å². The van der Waals surface area contributed by atoms with Gasteiger partial charge in [0.05, 0.1) is 32.5 Å². The molecule has 0 saturated carbocycles. The van der Waals surface area contributed by atoms with Gasteiger partial charge in [0.2, 0.25) is 5.91 Å². The van der Waals surface area contributed by atoms with E-state index in [4.69, 9.17) is 9.97 Å². The van der Waals surface area contributed by atoms with Crippen molar-refractivity contribution in [3.05, 3.63) is 70.4 Å². The molecule has 0 bridgehead atoms. The van der Waals surface area contributed by atoms with Gasteiger partial charge >= 0.3 is 0 Å². The Kier molecular flexibility index (Phi) is 5.09. The van der Waals surface area contributed by atoms with Crippen LogP contribution >= 0.6 is 22.7 Å². The van der Waals surface area contributed by atoms with Gasteiger partial charge in [-0.15, -0.1) is 22.7 Å². The summed E-state index contributed by atoms with van der Waals surface area (Å²) in [6, 6.07) is 16.0. The molecule has 154 valence electrons. The number of anilines is 1. The van der Waals surface area contributed by atoms with E-state index in [-0.39, 0.29) is 5.91 Å². The molecule has 5 rings (SSSR count). The molecule has 0 saturated heterocycles. The van der Waals surface area contributed by atoms with Gasteiger partial charge in [-0.05, 0) is 37.3 Å². The van der Waals surface area contributed by atoms with Gasteiger partial charge in [-0.1, -0.05) is 24.3 Å². The lowest BCUT2D eigenvalue weighted by Gasteiger charge is -2.14. The van der Waals surface area contributed by atoms with Gasteiger partial charge in [0.25, 0.3) is 0 Å². The first kappa shape index (κ1) is 19.6. The fourth-order valence-corrected chi connectivity index (χ4v) is 5.28. The highest BCUT2D eigenvalue weighted by atomic mass is 32.1. The van der Waals surface area contributed by atoms with E-state index >= 15 is 0 Å². The number of thiazole rings is 2. The van der Waals surface area contributed by atoms with E-state index in [2.05, 4.69) is 16.0 Å². The van der Waals surface area contributed by atoms with E-state index in [9.17, 15) is 4.79 Å². The van der Waals surface area contributed by atoms with Gasteiger partial charge < -0.3 is 4.98 Å². The first-order chi connectivity index (χ1) is 15.1. The lowest BCUT2D eigenvalue weighted by molar-refractivity contribution is -0.116. The highest BCUT2D eigenvalue weighted by Gasteiger charge is 2.17. The summed E-state index contributed by atoms with van der Waals surface area (Å²) in [5.74, 6) is 0.727. The Morgan fingerprint density at radius 2 is 1.84 bits per heavy atom. The van der Waals surface area contributed by atoms with Crippen molar-refractivity contribution in [3.63, 3.8) is 0 Å². The predicted octanol–water partition coefficient (Wildman–Crippen LogP) is 5.59. The number of benzene rings is 2. The molecule has 3 aromatic heterocycles. The molecule has 1 amide bonds. The van der Waals surface area contributed by atoms with Crippen LogP contribution in [0, 0.1) is 0 Å². The van der Waals surface area contributed by atoms with Crippen LogP contribution in [0.1, 0.15) is 30.4 Å². The minimum atomic E-state index is -0.0175. The molecule has 0 aliphatic rings. The second-order valence-corrected chi connectivity index (χ2v) is 8.83. The number of aromatic amines is 1. The fourth-order valence-electron chi connectivity index (χ4n) is 3.41. The SMILES string of the molecule is CCN(C(C)=O)c1nc(/C=C(\c2nc3ccccc3[nH]2)c2nc3ccccc3s2)cs1. The quantitative estimate of drug-likeness (QED) is 0.383. The molecule has 0 fully saturated rings. The third-order valence-electron chi connectivity index (χ3n) is 4.90. The van der Waals surface area contributed by atoms with Crippen molar-refractivity contribution < 1.29 is 4.79 Å². The van der Waals surface area contributed by atoms with Crippen molar-refractivity contribution in [1.29, 1.82) is 0 Å². The minimum absolute atomic E-state index is 0.0175. The van der Waals surface area contributed by atoms with Crippen molar-refractivity contribution >= 4 is 66.6 Å². The van der Waals surface area contributed by atoms with Crippen LogP contribution in [0.25, 0.3) is 32.9 Å². The van der Waals surface area contributed by atoms with Gasteiger partial charge in [-0.3, -0.25) is 9.69 Å². The van der Waals surface area contributed by atoms with E-state index in [0.29, 0.717) is 11.7 Å². The van der Waals surface area contributed by atoms with Crippen LogP contribution < -0.4 is 4.90 Å². The standard InChI is InChI=1S/C23H19N5OS2/c1-3-28(14(2)29)23-24-15(13-30-23)12-16(21-25-17-8-4-5-9-18(17)26-21)22-27-19-10-6-7-11-20(19)31-22/h4-13H,3H2,1-2H3,(H,25,26)/b16-12+. The smallest absolute Gasteiger partial charge is 0.225 e. The molecule has 0 spiro atoms. The summed E-state index contributed by atoms with van der Waals surface area (Å²) in [7, 11) is 0. The molecule has 3 heterocycles. The molecule has 0 unspecified atom stereocenters. The topological polar surface area (TPSA) is 74.8 Å². The highest BCUT2D eigenvalue weighted by Crippen LogP contribution is 2.33. The number of carbonyl (C=O) groups is 1. The molecular weight excluding hydrogens is 426 g/mol. The van der Waals surface area contributed by atoms with Crippen LogP contribution in [0.5, 0.6) is 0 Å². The molecule has 5 aromatic rings. The highest BCUT2D eigenvalue weighted by molar-refractivity contribution is 7.19. The van der Waals surface area contributed by atoms with Gasteiger partial charge in [0.15, 0.2) is 5.13 Å². The van der Waals surface area contributed by atoms with Crippen molar-refractivity contribution in [1.82, 2.24) is 19.9 Å². The maximum atomic E-state index is 11.9. The Bertz CT molecular complexity index is 1290. The summed E-state index contributed by atoms with van der Waals surface area (Å²) in [6.07, 6.45) is 1.99. The van der Waals surface area contributed by atoms with Crippen LogP contribution in [-0.2, 0) is 4.79 Å². The van der Waals surface area contributed by atoms with Gasteiger partial charge in [0, 0.05) is 18.8 Å². The number of fused-ring (bicyclic) bond motifs is 2. The zero-order valence-electron chi connectivity index (χ0n) is 17.0. The fraction of sp³-hybridized carbons (Fsp3) is 0.130. The average molecular weight is 446 g/mol. The number of H-pyrrole nitrogens is 1. The Morgan fingerprint density at radius 3 is 2.58 bits per heavy atom.